The molecule has 1 amide bonds. The van der Waals surface area contributed by atoms with Crippen LogP contribution in [-0.2, 0) is 11.2 Å². The Hall–Kier alpha value is -3.82. The van der Waals surface area contributed by atoms with E-state index < -0.39 is 17.8 Å². The number of aromatic amines is 1. The van der Waals surface area contributed by atoms with Crippen LogP contribution in [0, 0.1) is 11.6 Å². The van der Waals surface area contributed by atoms with Gasteiger partial charge in [-0.3, -0.25) is 4.79 Å². The van der Waals surface area contributed by atoms with Gasteiger partial charge in [0.2, 0.25) is 5.82 Å². The van der Waals surface area contributed by atoms with Crippen LogP contribution >= 0.6 is 0 Å². The minimum absolute atomic E-state index is 0.0313. The van der Waals surface area contributed by atoms with E-state index >= 15 is 0 Å². The van der Waals surface area contributed by atoms with Crippen LogP contribution in [0.4, 0.5) is 20.2 Å². The van der Waals surface area contributed by atoms with Crippen LogP contribution in [-0.4, -0.2) is 47.0 Å². The van der Waals surface area contributed by atoms with Crippen LogP contribution in [0.15, 0.2) is 42.5 Å². The number of nitrogens with one attached hydrogen (secondary N) is 4. The highest BCUT2D eigenvalue weighted by atomic mass is 19.1. The fourth-order valence-corrected chi connectivity index (χ4v) is 2.82. The number of aldehydes is 1. The van der Waals surface area contributed by atoms with Gasteiger partial charge in [-0.25, -0.2) is 8.78 Å². The van der Waals surface area contributed by atoms with Crippen molar-refractivity contribution in [1.82, 2.24) is 20.5 Å². The van der Waals surface area contributed by atoms with Crippen molar-refractivity contribution < 1.29 is 18.4 Å². The maximum Gasteiger partial charge on any atom is 0.289 e. The van der Waals surface area contributed by atoms with Crippen LogP contribution in [0.2, 0.25) is 0 Å². The summed E-state index contributed by atoms with van der Waals surface area (Å²) in [5.41, 5.74) is 1.11. The van der Waals surface area contributed by atoms with Gasteiger partial charge >= 0.3 is 0 Å². The van der Waals surface area contributed by atoms with E-state index in [9.17, 15) is 18.4 Å². The molecule has 1 aromatic heterocycles. The van der Waals surface area contributed by atoms with Crippen molar-refractivity contribution in [3.8, 4) is 0 Å². The fraction of sp³-hybridized carbons (Fsp3) is 0.200. The molecule has 2 aromatic carbocycles. The van der Waals surface area contributed by atoms with Gasteiger partial charge in [0.25, 0.3) is 5.91 Å². The van der Waals surface area contributed by atoms with Gasteiger partial charge in [0.1, 0.15) is 29.8 Å². The first-order chi connectivity index (χ1) is 14.5. The Bertz CT molecular complexity index is 1040. The first-order valence-corrected chi connectivity index (χ1v) is 9.13. The molecule has 0 aliphatic rings. The molecular weight excluding hydrogens is 394 g/mol. The highest BCUT2D eigenvalue weighted by Crippen LogP contribution is 2.24. The second kappa shape index (κ2) is 9.59. The van der Waals surface area contributed by atoms with Crippen molar-refractivity contribution in [1.29, 1.82) is 0 Å². The molecule has 0 unspecified atom stereocenters. The van der Waals surface area contributed by atoms with E-state index in [0.717, 1.165) is 0 Å². The van der Waals surface area contributed by atoms with Gasteiger partial charge in [0, 0.05) is 20.0 Å². The van der Waals surface area contributed by atoms with Gasteiger partial charge in [-0.2, -0.15) is 0 Å². The molecule has 0 aliphatic heterocycles. The van der Waals surface area contributed by atoms with Crippen molar-refractivity contribution in [3.63, 3.8) is 0 Å². The number of anilines is 2. The summed E-state index contributed by atoms with van der Waals surface area (Å²) in [5.74, 6) is -1.27. The summed E-state index contributed by atoms with van der Waals surface area (Å²) in [5, 5.41) is 15.8. The molecule has 0 fully saturated rings. The second-order valence-electron chi connectivity index (χ2n) is 6.40. The highest BCUT2D eigenvalue weighted by Gasteiger charge is 2.18. The SMILES string of the molecule is CNc1c(F)cccc1NC[C@@H](C=O)NC(=O)c1nnc(Cc2ccccc2F)[nH]1. The minimum atomic E-state index is -0.898. The van der Waals surface area contributed by atoms with E-state index in [-0.39, 0.29) is 30.3 Å². The molecule has 0 saturated heterocycles. The lowest BCUT2D eigenvalue weighted by Gasteiger charge is -2.16. The average molecular weight is 414 g/mol. The number of H-pyrrole nitrogens is 1. The summed E-state index contributed by atoms with van der Waals surface area (Å²) < 4.78 is 27.5. The van der Waals surface area contributed by atoms with Crippen LogP contribution in [0.5, 0.6) is 0 Å². The zero-order valence-electron chi connectivity index (χ0n) is 16.1. The Balaban J connectivity index is 1.60. The Morgan fingerprint density at radius 2 is 1.90 bits per heavy atom. The Labute approximate surface area is 171 Å². The van der Waals surface area contributed by atoms with Gasteiger partial charge in [0.05, 0.1) is 11.4 Å². The lowest BCUT2D eigenvalue weighted by molar-refractivity contribution is -0.109. The first kappa shape index (κ1) is 20.9. The van der Waals surface area contributed by atoms with Crippen molar-refractivity contribution in [2.75, 3.05) is 24.2 Å². The van der Waals surface area contributed by atoms with E-state index in [2.05, 4.69) is 31.1 Å². The third-order valence-corrected chi connectivity index (χ3v) is 4.32. The largest absolute Gasteiger partial charge is 0.384 e. The topological polar surface area (TPSA) is 112 Å². The van der Waals surface area contributed by atoms with Gasteiger partial charge in [-0.05, 0) is 23.8 Å². The number of rotatable bonds is 9. The predicted octanol–water partition coefficient (Wildman–Crippen LogP) is 2.12. The average Bonchev–Trinajstić information content (AvgIpc) is 3.21. The van der Waals surface area contributed by atoms with Crippen molar-refractivity contribution in [3.05, 3.63) is 71.3 Å². The molecule has 3 rings (SSSR count). The Kier molecular flexibility index (Phi) is 6.68. The molecule has 1 heterocycles. The van der Waals surface area contributed by atoms with E-state index in [4.69, 9.17) is 0 Å². The smallest absolute Gasteiger partial charge is 0.289 e. The summed E-state index contributed by atoms with van der Waals surface area (Å²) >= 11 is 0. The Morgan fingerprint density at radius 1 is 1.13 bits per heavy atom. The molecule has 0 bridgehead atoms. The number of para-hydroxylation sites is 1. The number of hydrogen-bond acceptors (Lipinski definition) is 6. The van der Waals surface area contributed by atoms with Gasteiger partial charge in [-0.1, -0.05) is 24.3 Å². The molecular formula is C20H20F2N6O2. The normalized spacial score (nSPS) is 11.6. The minimum Gasteiger partial charge on any atom is -0.384 e. The summed E-state index contributed by atoms with van der Waals surface area (Å²) in [6.07, 6.45) is 0.692. The lowest BCUT2D eigenvalue weighted by Crippen LogP contribution is -2.41. The number of carbonyl (C=O) groups excluding carboxylic acids is 2. The number of nitrogens with zero attached hydrogens (tertiary/aromatic N) is 2. The number of benzene rings is 2. The van der Waals surface area contributed by atoms with Crippen LogP contribution < -0.4 is 16.0 Å². The quantitative estimate of drug-likeness (QED) is 0.399. The number of halogens is 2. The molecule has 30 heavy (non-hydrogen) atoms. The van der Waals surface area contributed by atoms with E-state index in [0.29, 0.717) is 23.4 Å². The Morgan fingerprint density at radius 3 is 2.63 bits per heavy atom. The summed E-state index contributed by atoms with van der Waals surface area (Å²) in [6, 6.07) is 9.79. The lowest BCUT2D eigenvalue weighted by atomic mass is 10.1. The van der Waals surface area contributed by atoms with Crippen LogP contribution in [0.1, 0.15) is 22.0 Å². The monoisotopic (exact) mass is 414 g/mol. The molecule has 0 saturated carbocycles. The molecule has 8 nitrogen and oxygen atoms in total. The summed E-state index contributed by atoms with van der Waals surface area (Å²) in [4.78, 5) is 26.4. The van der Waals surface area contributed by atoms with E-state index in [1.54, 1.807) is 31.3 Å². The number of carbonyl (C=O) groups is 2. The molecule has 0 radical (unpaired) electrons. The van der Waals surface area contributed by atoms with Gasteiger partial charge in [0.15, 0.2) is 0 Å². The zero-order chi connectivity index (χ0) is 21.5. The predicted molar refractivity (Wildman–Crippen MR) is 107 cm³/mol. The van der Waals surface area contributed by atoms with Gasteiger partial charge < -0.3 is 25.7 Å². The zero-order valence-corrected chi connectivity index (χ0v) is 16.1. The fourth-order valence-electron chi connectivity index (χ4n) is 2.82. The number of amides is 1. The maximum absolute atomic E-state index is 13.8. The maximum atomic E-state index is 13.8. The number of aromatic nitrogens is 3. The standard InChI is InChI=1S/C20H20F2N6O2/c1-23-18-15(22)7-4-8-16(18)24-10-13(11-29)25-20(30)19-26-17(27-28-19)9-12-5-2-3-6-14(12)21/h2-8,11,13,23-24H,9-10H2,1H3,(H,25,30)(H,26,27,28)/t13-/m0/s1. The van der Waals surface area contributed by atoms with Gasteiger partial charge in [-0.15, -0.1) is 10.2 Å². The molecule has 10 heteroatoms. The van der Waals surface area contributed by atoms with Crippen molar-refractivity contribution in [2.24, 2.45) is 0 Å². The third-order valence-electron chi connectivity index (χ3n) is 4.32. The van der Waals surface area contributed by atoms with Crippen molar-refractivity contribution in [2.45, 2.75) is 12.5 Å². The summed E-state index contributed by atoms with van der Waals surface area (Å²) in [7, 11) is 1.57. The second-order valence-corrected chi connectivity index (χ2v) is 6.40. The molecule has 0 aliphatic carbocycles. The molecule has 1 atom stereocenters. The molecule has 156 valence electrons. The van der Waals surface area contributed by atoms with Crippen molar-refractivity contribution >= 4 is 23.6 Å². The number of hydrogen-bond donors (Lipinski definition) is 4. The van der Waals surface area contributed by atoms with Crippen LogP contribution in [0.3, 0.4) is 0 Å². The van der Waals surface area contributed by atoms with E-state index in [1.165, 1.54) is 18.2 Å². The molecule has 3 aromatic rings. The molecule has 0 spiro atoms. The summed E-state index contributed by atoms with van der Waals surface area (Å²) in [6.45, 7) is 0.0313. The van der Waals surface area contributed by atoms with Crippen LogP contribution in [0.25, 0.3) is 0 Å². The first-order valence-electron chi connectivity index (χ1n) is 9.13. The third kappa shape index (κ3) is 4.96. The molecule has 4 N–H and O–H groups in total. The van der Waals surface area contributed by atoms with E-state index in [1.807, 2.05) is 0 Å². The highest BCUT2D eigenvalue weighted by molar-refractivity contribution is 5.92.